The van der Waals surface area contributed by atoms with E-state index in [1.165, 1.54) is 38.5 Å². The minimum atomic E-state index is -1.11. The Morgan fingerprint density at radius 2 is 1.29 bits per heavy atom. The standard InChI is InChI=1S/C17H31NO5.Na.H/c1-2-3-4-5-6-7-8-9-10-11-15(19)18(14-17(22)23)13-12-16(20)21;;/h2-14H2,1H3,(H,20,21)(H,22,23);;/q;+1;-1. The van der Waals surface area contributed by atoms with Crippen LogP contribution in [-0.4, -0.2) is 46.0 Å². The molecule has 0 aliphatic heterocycles. The summed E-state index contributed by atoms with van der Waals surface area (Å²) in [5.41, 5.74) is 0. The Hall–Kier alpha value is -0.590. The molecule has 0 aromatic rings. The molecule has 6 nitrogen and oxygen atoms in total. The van der Waals surface area contributed by atoms with Crippen molar-refractivity contribution in [3.05, 3.63) is 0 Å². The fourth-order valence-corrected chi connectivity index (χ4v) is 2.43. The summed E-state index contributed by atoms with van der Waals surface area (Å²) in [6.45, 7) is 1.72. The minimum Gasteiger partial charge on any atom is -1.00 e. The van der Waals surface area contributed by atoms with E-state index in [-0.39, 0.29) is 49.9 Å². The van der Waals surface area contributed by atoms with Crippen LogP contribution in [0.5, 0.6) is 0 Å². The minimum absolute atomic E-state index is 0. The fourth-order valence-electron chi connectivity index (χ4n) is 2.43. The topological polar surface area (TPSA) is 94.9 Å². The van der Waals surface area contributed by atoms with E-state index in [0.717, 1.165) is 24.2 Å². The molecule has 0 aliphatic carbocycles. The van der Waals surface area contributed by atoms with Crippen LogP contribution in [0.25, 0.3) is 0 Å². The molecule has 0 aliphatic rings. The number of carboxylic acid groups (broad SMARTS) is 2. The Morgan fingerprint density at radius 3 is 1.75 bits per heavy atom. The van der Waals surface area contributed by atoms with Crippen LogP contribution in [0.1, 0.15) is 79.0 Å². The summed E-state index contributed by atoms with van der Waals surface area (Å²) in [5.74, 6) is -2.41. The van der Waals surface area contributed by atoms with Crippen LogP contribution in [0.3, 0.4) is 0 Å². The number of hydrogen-bond acceptors (Lipinski definition) is 3. The van der Waals surface area contributed by atoms with E-state index >= 15 is 0 Å². The average Bonchev–Trinajstić information content (AvgIpc) is 2.49. The molecule has 0 atom stereocenters. The molecule has 0 fully saturated rings. The van der Waals surface area contributed by atoms with Crippen molar-refractivity contribution in [2.75, 3.05) is 13.1 Å². The molecule has 24 heavy (non-hydrogen) atoms. The molecule has 2 N–H and O–H groups in total. The fraction of sp³-hybridized carbons (Fsp3) is 0.824. The van der Waals surface area contributed by atoms with Gasteiger partial charge in [-0.25, -0.2) is 0 Å². The van der Waals surface area contributed by atoms with Gasteiger partial charge in [0.1, 0.15) is 6.54 Å². The Balaban J connectivity index is -0.00000242. The summed E-state index contributed by atoms with van der Waals surface area (Å²) < 4.78 is 0. The molecule has 0 unspecified atom stereocenters. The Bertz CT molecular complexity index is 369. The SMILES string of the molecule is CCCCCCCCCCCC(=O)N(CCC(=O)O)CC(=O)O.[H-].[Na+]. The van der Waals surface area contributed by atoms with E-state index in [1.54, 1.807) is 0 Å². The zero-order chi connectivity index (χ0) is 17.5. The summed E-state index contributed by atoms with van der Waals surface area (Å²) in [6.07, 6.45) is 10.4. The molecular formula is C17H32NNaO5. The number of amides is 1. The molecule has 0 radical (unpaired) electrons. The molecule has 0 aromatic carbocycles. The van der Waals surface area contributed by atoms with Gasteiger partial charge in [-0.05, 0) is 6.42 Å². The van der Waals surface area contributed by atoms with Crippen LogP contribution < -0.4 is 29.6 Å². The quantitative estimate of drug-likeness (QED) is 0.328. The summed E-state index contributed by atoms with van der Waals surface area (Å²) >= 11 is 0. The maximum absolute atomic E-state index is 12.0. The van der Waals surface area contributed by atoms with Gasteiger partial charge in [-0.15, -0.1) is 0 Å². The molecule has 1 amide bonds. The van der Waals surface area contributed by atoms with Gasteiger partial charge in [0, 0.05) is 13.0 Å². The molecule has 0 spiro atoms. The number of nitrogens with zero attached hydrogens (tertiary/aromatic N) is 1. The average molecular weight is 353 g/mol. The van der Waals surface area contributed by atoms with Crippen LogP contribution in [0.4, 0.5) is 0 Å². The van der Waals surface area contributed by atoms with Gasteiger partial charge >= 0.3 is 41.5 Å². The third kappa shape index (κ3) is 16.3. The van der Waals surface area contributed by atoms with Crippen molar-refractivity contribution in [1.82, 2.24) is 4.90 Å². The van der Waals surface area contributed by atoms with Crippen molar-refractivity contribution >= 4 is 17.8 Å². The van der Waals surface area contributed by atoms with Crippen LogP contribution in [0, 0.1) is 0 Å². The zero-order valence-electron chi connectivity index (χ0n) is 16.3. The van der Waals surface area contributed by atoms with E-state index in [2.05, 4.69) is 6.92 Å². The third-order valence-electron chi connectivity index (χ3n) is 3.77. The first kappa shape index (κ1) is 25.6. The molecule has 0 bridgehead atoms. The Morgan fingerprint density at radius 1 is 0.792 bits per heavy atom. The number of unbranched alkanes of at least 4 members (excludes halogenated alkanes) is 8. The van der Waals surface area contributed by atoms with Crippen LogP contribution in [0.15, 0.2) is 0 Å². The van der Waals surface area contributed by atoms with E-state index in [4.69, 9.17) is 10.2 Å². The summed E-state index contributed by atoms with van der Waals surface area (Å²) in [7, 11) is 0. The molecule has 0 saturated heterocycles. The first-order valence-corrected chi connectivity index (χ1v) is 8.68. The second-order valence-electron chi connectivity index (χ2n) is 5.93. The predicted molar refractivity (Wildman–Crippen MR) is 89.4 cm³/mol. The van der Waals surface area contributed by atoms with E-state index in [0.29, 0.717) is 6.42 Å². The van der Waals surface area contributed by atoms with Crippen molar-refractivity contribution in [2.24, 2.45) is 0 Å². The van der Waals surface area contributed by atoms with Gasteiger partial charge in [0.05, 0.1) is 6.42 Å². The molecule has 0 rings (SSSR count). The van der Waals surface area contributed by atoms with Gasteiger partial charge in [0.25, 0.3) is 0 Å². The van der Waals surface area contributed by atoms with E-state index in [9.17, 15) is 14.4 Å². The second kappa shape index (κ2) is 17.2. The van der Waals surface area contributed by atoms with Crippen molar-refractivity contribution < 1.29 is 55.6 Å². The van der Waals surface area contributed by atoms with Crippen molar-refractivity contribution in [1.29, 1.82) is 0 Å². The van der Waals surface area contributed by atoms with Crippen molar-refractivity contribution in [3.8, 4) is 0 Å². The molecule has 0 saturated carbocycles. The van der Waals surface area contributed by atoms with Crippen LogP contribution in [0.2, 0.25) is 0 Å². The van der Waals surface area contributed by atoms with Crippen molar-refractivity contribution in [2.45, 2.75) is 77.6 Å². The summed E-state index contributed by atoms with van der Waals surface area (Å²) in [6, 6.07) is 0. The van der Waals surface area contributed by atoms with Crippen LogP contribution >= 0.6 is 0 Å². The van der Waals surface area contributed by atoms with E-state index < -0.39 is 18.5 Å². The number of carboxylic acids is 2. The Kier molecular flexibility index (Phi) is 18.4. The monoisotopic (exact) mass is 353 g/mol. The normalized spacial score (nSPS) is 10.0. The van der Waals surface area contributed by atoms with E-state index in [1.807, 2.05) is 0 Å². The number of carbonyl (C=O) groups is 3. The van der Waals surface area contributed by atoms with Gasteiger partial charge in [-0.1, -0.05) is 58.3 Å². The van der Waals surface area contributed by atoms with Gasteiger partial charge in [0.2, 0.25) is 5.91 Å². The summed E-state index contributed by atoms with van der Waals surface area (Å²) in [5, 5.41) is 17.4. The van der Waals surface area contributed by atoms with Crippen LogP contribution in [-0.2, 0) is 14.4 Å². The maximum Gasteiger partial charge on any atom is 1.00 e. The second-order valence-corrected chi connectivity index (χ2v) is 5.93. The molecule has 136 valence electrons. The van der Waals surface area contributed by atoms with Crippen molar-refractivity contribution in [3.63, 3.8) is 0 Å². The Labute approximate surface area is 168 Å². The number of aliphatic carboxylic acids is 2. The molecule has 7 heteroatoms. The number of hydrogen-bond donors (Lipinski definition) is 2. The van der Waals surface area contributed by atoms with Gasteiger partial charge in [0.15, 0.2) is 0 Å². The molecule has 0 heterocycles. The number of rotatable bonds is 15. The maximum atomic E-state index is 12.0. The van der Waals surface area contributed by atoms with Gasteiger partial charge in [-0.3, -0.25) is 14.4 Å². The third-order valence-corrected chi connectivity index (χ3v) is 3.77. The van der Waals surface area contributed by atoms with Gasteiger partial charge < -0.3 is 16.5 Å². The first-order valence-electron chi connectivity index (χ1n) is 8.68. The zero-order valence-corrected chi connectivity index (χ0v) is 17.3. The molecule has 0 aromatic heterocycles. The largest absolute Gasteiger partial charge is 1.00 e. The first-order chi connectivity index (χ1) is 11.0. The smallest absolute Gasteiger partial charge is 1.00 e. The number of carbonyl (C=O) groups excluding carboxylic acids is 1. The van der Waals surface area contributed by atoms with Gasteiger partial charge in [-0.2, -0.15) is 0 Å². The summed E-state index contributed by atoms with van der Waals surface area (Å²) in [4.78, 5) is 34.4. The predicted octanol–water partition coefficient (Wildman–Crippen LogP) is 0.412. The molecular weight excluding hydrogens is 321 g/mol.